The van der Waals surface area contributed by atoms with Crippen molar-refractivity contribution in [1.82, 2.24) is 0 Å². The standard InChI is InChI=1S/C14H13NO4/c16-13(10-4-2-1-3-5-10)14(17)11-6-8-12(9-7-11)15(18)19/h1-9,13-14,16-17H. The van der Waals surface area contributed by atoms with Crippen LogP contribution >= 0.6 is 0 Å². The number of aliphatic hydroxyl groups excluding tert-OH is 2. The number of hydrogen-bond donors (Lipinski definition) is 2. The molecule has 2 N–H and O–H groups in total. The molecule has 19 heavy (non-hydrogen) atoms. The minimum absolute atomic E-state index is 0.0508. The Hall–Kier alpha value is -2.24. The van der Waals surface area contributed by atoms with E-state index >= 15 is 0 Å². The van der Waals surface area contributed by atoms with Gasteiger partial charge in [0.25, 0.3) is 5.69 Å². The number of rotatable bonds is 4. The second-order valence-corrected chi connectivity index (χ2v) is 4.15. The Morgan fingerprint density at radius 2 is 1.32 bits per heavy atom. The summed E-state index contributed by atoms with van der Waals surface area (Å²) in [7, 11) is 0. The Labute approximate surface area is 109 Å². The number of aliphatic hydroxyl groups is 2. The van der Waals surface area contributed by atoms with E-state index in [1.807, 2.05) is 6.07 Å². The maximum atomic E-state index is 10.5. The van der Waals surface area contributed by atoms with Gasteiger partial charge in [-0.25, -0.2) is 0 Å². The number of nitro benzene ring substituents is 1. The minimum atomic E-state index is -1.12. The number of benzene rings is 2. The summed E-state index contributed by atoms with van der Waals surface area (Å²) in [5.41, 5.74) is 0.973. The highest BCUT2D eigenvalue weighted by Gasteiger charge is 2.20. The van der Waals surface area contributed by atoms with Crippen LogP contribution in [0, 0.1) is 10.1 Å². The van der Waals surface area contributed by atoms with E-state index in [0.29, 0.717) is 11.1 Å². The molecule has 0 saturated carbocycles. The summed E-state index contributed by atoms with van der Waals surface area (Å²) in [4.78, 5) is 10.0. The maximum absolute atomic E-state index is 10.5. The van der Waals surface area contributed by atoms with Crippen LogP contribution in [0.4, 0.5) is 5.69 Å². The number of hydrogen-bond acceptors (Lipinski definition) is 4. The molecule has 0 aliphatic heterocycles. The van der Waals surface area contributed by atoms with Gasteiger partial charge in [0.05, 0.1) is 4.92 Å². The van der Waals surface area contributed by atoms with Gasteiger partial charge in [-0.2, -0.15) is 0 Å². The van der Waals surface area contributed by atoms with Gasteiger partial charge in [-0.05, 0) is 23.3 Å². The van der Waals surface area contributed by atoms with Gasteiger partial charge in [0, 0.05) is 12.1 Å². The molecule has 2 aromatic rings. The zero-order valence-electron chi connectivity index (χ0n) is 10.0. The quantitative estimate of drug-likeness (QED) is 0.652. The lowest BCUT2D eigenvalue weighted by Crippen LogP contribution is -2.10. The van der Waals surface area contributed by atoms with E-state index in [1.54, 1.807) is 24.3 Å². The van der Waals surface area contributed by atoms with Crippen molar-refractivity contribution in [2.24, 2.45) is 0 Å². The molecule has 0 aromatic heterocycles. The van der Waals surface area contributed by atoms with E-state index in [9.17, 15) is 20.3 Å². The molecule has 2 rings (SSSR count). The van der Waals surface area contributed by atoms with E-state index < -0.39 is 17.1 Å². The zero-order valence-corrected chi connectivity index (χ0v) is 10.0. The van der Waals surface area contributed by atoms with Crippen LogP contribution in [-0.2, 0) is 0 Å². The van der Waals surface area contributed by atoms with Crippen molar-refractivity contribution < 1.29 is 15.1 Å². The highest BCUT2D eigenvalue weighted by atomic mass is 16.6. The first kappa shape index (κ1) is 13.2. The van der Waals surface area contributed by atoms with E-state index in [1.165, 1.54) is 24.3 Å². The van der Waals surface area contributed by atoms with Crippen LogP contribution in [0.5, 0.6) is 0 Å². The van der Waals surface area contributed by atoms with Crippen LogP contribution in [-0.4, -0.2) is 15.1 Å². The Kier molecular flexibility index (Phi) is 3.89. The average molecular weight is 259 g/mol. The molecule has 5 nitrogen and oxygen atoms in total. The third-order valence-corrected chi connectivity index (χ3v) is 2.89. The lowest BCUT2D eigenvalue weighted by molar-refractivity contribution is -0.384. The Morgan fingerprint density at radius 3 is 1.79 bits per heavy atom. The molecule has 0 aliphatic carbocycles. The fourth-order valence-electron chi connectivity index (χ4n) is 1.81. The van der Waals surface area contributed by atoms with Gasteiger partial charge in [0.2, 0.25) is 0 Å². The number of nitrogens with zero attached hydrogens (tertiary/aromatic N) is 1. The van der Waals surface area contributed by atoms with Crippen molar-refractivity contribution in [2.45, 2.75) is 12.2 Å². The molecule has 0 saturated heterocycles. The smallest absolute Gasteiger partial charge is 0.269 e. The fourth-order valence-corrected chi connectivity index (χ4v) is 1.81. The van der Waals surface area contributed by atoms with Crippen LogP contribution in [0.15, 0.2) is 54.6 Å². The first-order valence-electron chi connectivity index (χ1n) is 5.75. The summed E-state index contributed by atoms with van der Waals surface area (Å²) in [5.74, 6) is 0. The van der Waals surface area contributed by atoms with E-state index in [4.69, 9.17) is 0 Å². The van der Waals surface area contributed by atoms with Gasteiger partial charge >= 0.3 is 0 Å². The second-order valence-electron chi connectivity index (χ2n) is 4.15. The average Bonchev–Trinajstić information content (AvgIpc) is 2.46. The van der Waals surface area contributed by atoms with Crippen LogP contribution < -0.4 is 0 Å². The Bertz CT molecular complexity index is 553. The Balaban J connectivity index is 2.19. The molecule has 0 bridgehead atoms. The monoisotopic (exact) mass is 259 g/mol. The molecule has 0 radical (unpaired) electrons. The first-order valence-corrected chi connectivity index (χ1v) is 5.75. The molecular weight excluding hydrogens is 246 g/mol. The lowest BCUT2D eigenvalue weighted by atomic mass is 9.98. The third-order valence-electron chi connectivity index (χ3n) is 2.89. The third kappa shape index (κ3) is 2.96. The molecule has 2 unspecified atom stereocenters. The zero-order chi connectivity index (χ0) is 13.8. The summed E-state index contributed by atoms with van der Waals surface area (Å²) in [5, 5.41) is 30.6. The van der Waals surface area contributed by atoms with Crippen molar-refractivity contribution in [3.05, 3.63) is 75.8 Å². The summed E-state index contributed by atoms with van der Waals surface area (Å²) in [6, 6.07) is 14.2. The van der Waals surface area contributed by atoms with E-state index in [0.717, 1.165) is 0 Å². The van der Waals surface area contributed by atoms with Crippen molar-refractivity contribution in [3.63, 3.8) is 0 Å². The molecule has 5 heteroatoms. The van der Waals surface area contributed by atoms with Gasteiger partial charge in [0.15, 0.2) is 0 Å². The normalized spacial score (nSPS) is 13.8. The van der Waals surface area contributed by atoms with Crippen molar-refractivity contribution >= 4 is 5.69 Å². The van der Waals surface area contributed by atoms with Gasteiger partial charge in [-0.15, -0.1) is 0 Å². The number of non-ortho nitro benzene ring substituents is 1. The van der Waals surface area contributed by atoms with Gasteiger partial charge < -0.3 is 10.2 Å². The first-order chi connectivity index (χ1) is 9.09. The highest BCUT2D eigenvalue weighted by molar-refractivity contribution is 5.34. The van der Waals surface area contributed by atoms with Crippen molar-refractivity contribution in [2.75, 3.05) is 0 Å². The van der Waals surface area contributed by atoms with Crippen LogP contribution in [0.3, 0.4) is 0 Å². The van der Waals surface area contributed by atoms with Crippen LogP contribution in [0.25, 0.3) is 0 Å². The fraction of sp³-hybridized carbons (Fsp3) is 0.143. The maximum Gasteiger partial charge on any atom is 0.269 e. The predicted molar refractivity (Wildman–Crippen MR) is 69.5 cm³/mol. The van der Waals surface area contributed by atoms with Crippen LogP contribution in [0.1, 0.15) is 23.3 Å². The molecule has 98 valence electrons. The SMILES string of the molecule is O=[N+]([O-])c1ccc(C(O)C(O)c2ccccc2)cc1. The second kappa shape index (κ2) is 5.60. The summed E-state index contributed by atoms with van der Waals surface area (Å²) >= 11 is 0. The van der Waals surface area contributed by atoms with Gasteiger partial charge in [0.1, 0.15) is 12.2 Å². The molecule has 2 aromatic carbocycles. The van der Waals surface area contributed by atoms with Crippen molar-refractivity contribution in [3.8, 4) is 0 Å². The lowest BCUT2D eigenvalue weighted by Gasteiger charge is -2.18. The van der Waals surface area contributed by atoms with Gasteiger partial charge in [-0.1, -0.05) is 30.3 Å². The number of nitro groups is 1. The predicted octanol–water partition coefficient (Wildman–Crippen LogP) is 2.36. The van der Waals surface area contributed by atoms with Crippen molar-refractivity contribution in [1.29, 1.82) is 0 Å². The van der Waals surface area contributed by atoms with E-state index in [-0.39, 0.29) is 5.69 Å². The minimum Gasteiger partial charge on any atom is -0.385 e. The molecule has 0 fully saturated rings. The van der Waals surface area contributed by atoms with Gasteiger partial charge in [-0.3, -0.25) is 10.1 Å². The molecule has 0 spiro atoms. The van der Waals surface area contributed by atoms with Crippen LogP contribution in [0.2, 0.25) is 0 Å². The molecule has 0 aliphatic rings. The topological polar surface area (TPSA) is 83.6 Å². The van der Waals surface area contributed by atoms with E-state index in [2.05, 4.69) is 0 Å². The summed E-state index contributed by atoms with van der Waals surface area (Å²) in [6.45, 7) is 0. The highest BCUT2D eigenvalue weighted by Crippen LogP contribution is 2.29. The molecular formula is C14H13NO4. The largest absolute Gasteiger partial charge is 0.385 e. The molecule has 0 heterocycles. The molecule has 2 atom stereocenters. The summed E-state index contributed by atoms with van der Waals surface area (Å²) in [6.07, 6.45) is -2.19. The Morgan fingerprint density at radius 1 is 0.842 bits per heavy atom. The molecule has 0 amide bonds. The summed E-state index contributed by atoms with van der Waals surface area (Å²) < 4.78 is 0.